The van der Waals surface area contributed by atoms with E-state index in [1.165, 1.54) is 0 Å². The second-order valence-corrected chi connectivity index (χ2v) is 7.27. The van der Waals surface area contributed by atoms with E-state index in [1.54, 1.807) is 6.08 Å². The average Bonchev–Trinajstić information content (AvgIpc) is 2.84. The number of hydrogen-bond donors (Lipinski definition) is 0. The summed E-state index contributed by atoms with van der Waals surface area (Å²) in [4.78, 5) is 0. The maximum Gasteiger partial charge on any atom is 0.138 e. The predicted molar refractivity (Wildman–Crippen MR) is 122 cm³/mol. The van der Waals surface area contributed by atoms with Crippen molar-refractivity contribution in [2.24, 2.45) is 0 Å². The van der Waals surface area contributed by atoms with Gasteiger partial charge in [-0.15, -0.1) is 0 Å². The lowest BCUT2D eigenvalue weighted by Crippen LogP contribution is -2.12. The molecule has 0 N–H and O–H groups in total. The number of allylic oxidation sites excluding steroid dienone is 4. The molecular weight excluding hydrogens is 380 g/mol. The number of ether oxygens (including phenoxy) is 1. The van der Waals surface area contributed by atoms with Gasteiger partial charge in [-0.3, -0.25) is 0 Å². The summed E-state index contributed by atoms with van der Waals surface area (Å²) >= 11 is 0. The van der Waals surface area contributed by atoms with E-state index in [0.717, 1.165) is 33.6 Å². The quantitative estimate of drug-likeness (QED) is 0.468. The first-order chi connectivity index (χ1) is 15.2. The van der Waals surface area contributed by atoms with Crippen LogP contribution in [0.5, 0.6) is 0 Å². The average molecular weight is 400 g/mol. The van der Waals surface area contributed by atoms with E-state index in [0.29, 0.717) is 5.76 Å². The van der Waals surface area contributed by atoms with Gasteiger partial charge in [-0.25, -0.2) is 0 Å². The zero-order chi connectivity index (χ0) is 21.6. The van der Waals surface area contributed by atoms with E-state index >= 15 is 0 Å². The molecule has 148 valence electrons. The number of nitrogens with zero attached hydrogens (tertiary/aromatic N) is 2. The Kier molecular flexibility index (Phi) is 5.79. The molecule has 3 heteroatoms. The summed E-state index contributed by atoms with van der Waals surface area (Å²) in [6, 6.07) is 31.9. The van der Waals surface area contributed by atoms with E-state index in [4.69, 9.17) is 4.74 Å². The van der Waals surface area contributed by atoms with E-state index in [2.05, 4.69) is 25.1 Å². The van der Waals surface area contributed by atoms with Gasteiger partial charge in [0, 0.05) is 22.6 Å². The molecule has 1 aliphatic heterocycles. The van der Waals surface area contributed by atoms with Gasteiger partial charge in [-0.1, -0.05) is 84.9 Å². The van der Waals surface area contributed by atoms with Crippen LogP contribution in [0.2, 0.25) is 0 Å². The topological polar surface area (TPSA) is 56.8 Å². The van der Waals surface area contributed by atoms with Crippen LogP contribution in [-0.4, -0.2) is 0 Å². The lowest BCUT2D eigenvalue weighted by Gasteiger charge is -2.28. The fourth-order valence-corrected chi connectivity index (χ4v) is 3.75. The van der Waals surface area contributed by atoms with Gasteiger partial charge >= 0.3 is 0 Å². The van der Waals surface area contributed by atoms with Crippen molar-refractivity contribution in [2.75, 3.05) is 0 Å². The smallest absolute Gasteiger partial charge is 0.138 e. The Morgan fingerprint density at radius 2 is 1.39 bits per heavy atom. The molecule has 0 aliphatic carbocycles. The monoisotopic (exact) mass is 400 g/mol. The Labute approximate surface area is 182 Å². The van der Waals surface area contributed by atoms with Crippen LogP contribution in [0.25, 0.3) is 11.5 Å². The molecule has 3 nitrogen and oxygen atoms in total. The summed E-state index contributed by atoms with van der Waals surface area (Å²) in [5, 5.41) is 18.9. The molecule has 3 aromatic rings. The molecule has 0 fully saturated rings. The molecule has 0 spiro atoms. The Balaban J connectivity index is 2.00. The molecule has 4 rings (SSSR count). The van der Waals surface area contributed by atoms with Gasteiger partial charge in [-0.05, 0) is 30.2 Å². The third-order valence-electron chi connectivity index (χ3n) is 5.29. The second kappa shape index (κ2) is 8.99. The van der Waals surface area contributed by atoms with E-state index in [1.807, 2.05) is 84.9 Å². The molecular formula is C28H20N2O. The molecule has 0 saturated heterocycles. The Morgan fingerprint density at radius 1 is 0.806 bits per heavy atom. The van der Waals surface area contributed by atoms with Crippen LogP contribution >= 0.6 is 0 Å². The molecule has 3 aromatic carbocycles. The van der Waals surface area contributed by atoms with Crippen molar-refractivity contribution in [1.82, 2.24) is 0 Å². The van der Waals surface area contributed by atoms with Crippen molar-refractivity contribution in [3.8, 4) is 12.1 Å². The maximum absolute atomic E-state index is 9.44. The van der Waals surface area contributed by atoms with E-state index in [9.17, 15) is 10.5 Å². The summed E-state index contributed by atoms with van der Waals surface area (Å²) in [5.41, 5.74) is 4.93. The molecule has 0 saturated carbocycles. The van der Waals surface area contributed by atoms with Crippen LogP contribution in [-0.2, 0) is 4.74 Å². The molecule has 1 unspecified atom stereocenters. The highest BCUT2D eigenvalue weighted by Crippen LogP contribution is 2.43. The summed E-state index contributed by atoms with van der Waals surface area (Å²) < 4.78 is 6.43. The van der Waals surface area contributed by atoms with Crippen molar-refractivity contribution in [1.29, 1.82) is 10.5 Å². The molecule has 31 heavy (non-hydrogen) atoms. The van der Waals surface area contributed by atoms with Gasteiger partial charge < -0.3 is 4.74 Å². The highest BCUT2D eigenvalue weighted by molar-refractivity contribution is 5.79. The van der Waals surface area contributed by atoms with Crippen molar-refractivity contribution >= 4 is 11.5 Å². The first kappa shape index (κ1) is 20.0. The van der Waals surface area contributed by atoms with Gasteiger partial charge in [0.25, 0.3) is 0 Å². The standard InChI is InChI=1S/C28H20N2O/c1-20-10-8-9-15-24(20)25-17-27(22-11-4-2-5-12-22)31-28(23-13-6-3-7-14-23)26(25)16-21(18-29)19-30/h2-17,25H,1H3. The maximum atomic E-state index is 9.44. The summed E-state index contributed by atoms with van der Waals surface area (Å²) in [6.45, 7) is 2.07. The van der Waals surface area contributed by atoms with Gasteiger partial charge in [0.2, 0.25) is 0 Å². The zero-order valence-electron chi connectivity index (χ0n) is 17.1. The lowest BCUT2D eigenvalue weighted by atomic mass is 9.83. The molecule has 1 atom stereocenters. The SMILES string of the molecule is Cc1ccccc1C1C=C(c2ccccc2)OC(c2ccccc2)=C1C=C(C#N)C#N. The highest BCUT2D eigenvalue weighted by Gasteiger charge is 2.28. The molecule has 0 radical (unpaired) electrons. The second-order valence-electron chi connectivity index (χ2n) is 7.27. The number of nitriles is 2. The Hall–Kier alpha value is -4.34. The third-order valence-corrected chi connectivity index (χ3v) is 5.29. The van der Waals surface area contributed by atoms with Gasteiger partial charge in [0.05, 0.1) is 0 Å². The van der Waals surface area contributed by atoms with Crippen molar-refractivity contribution in [3.63, 3.8) is 0 Å². The summed E-state index contributed by atoms with van der Waals surface area (Å²) in [7, 11) is 0. The molecule has 1 heterocycles. The highest BCUT2D eigenvalue weighted by atomic mass is 16.5. The van der Waals surface area contributed by atoms with Gasteiger partial charge in [0.1, 0.15) is 29.2 Å². The van der Waals surface area contributed by atoms with Gasteiger partial charge in [-0.2, -0.15) is 10.5 Å². The minimum Gasteiger partial charge on any atom is -0.456 e. The van der Waals surface area contributed by atoms with Crippen molar-refractivity contribution in [3.05, 3.63) is 130 Å². The largest absolute Gasteiger partial charge is 0.456 e. The molecule has 0 bridgehead atoms. The van der Waals surface area contributed by atoms with E-state index in [-0.39, 0.29) is 11.5 Å². The third kappa shape index (κ3) is 4.17. The number of aryl methyl sites for hydroxylation is 1. The Bertz CT molecular complexity index is 1250. The van der Waals surface area contributed by atoms with Gasteiger partial charge in [0.15, 0.2) is 0 Å². The van der Waals surface area contributed by atoms with Crippen LogP contribution in [0.3, 0.4) is 0 Å². The zero-order valence-corrected chi connectivity index (χ0v) is 17.1. The minimum absolute atomic E-state index is 0.0437. The van der Waals surface area contributed by atoms with Crippen LogP contribution in [0, 0.1) is 29.6 Å². The Morgan fingerprint density at radius 3 is 2.00 bits per heavy atom. The molecule has 0 aromatic heterocycles. The summed E-state index contributed by atoms with van der Waals surface area (Å²) in [6.07, 6.45) is 3.72. The summed E-state index contributed by atoms with van der Waals surface area (Å²) in [5.74, 6) is 1.23. The first-order valence-corrected chi connectivity index (χ1v) is 10.0. The van der Waals surface area contributed by atoms with Crippen molar-refractivity contribution in [2.45, 2.75) is 12.8 Å². The van der Waals surface area contributed by atoms with Crippen molar-refractivity contribution < 1.29 is 4.74 Å². The van der Waals surface area contributed by atoms with Crippen LogP contribution in [0.15, 0.2) is 108 Å². The molecule has 0 amide bonds. The van der Waals surface area contributed by atoms with Crippen LogP contribution in [0.1, 0.15) is 28.2 Å². The van der Waals surface area contributed by atoms with E-state index < -0.39 is 0 Å². The predicted octanol–water partition coefficient (Wildman–Crippen LogP) is 6.53. The van der Waals surface area contributed by atoms with Crippen LogP contribution < -0.4 is 0 Å². The molecule has 1 aliphatic rings. The fraction of sp³-hybridized carbons (Fsp3) is 0.0714. The number of hydrogen-bond acceptors (Lipinski definition) is 3. The van der Waals surface area contributed by atoms with Crippen LogP contribution in [0.4, 0.5) is 0 Å². The number of benzene rings is 3. The first-order valence-electron chi connectivity index (χ1n) is 10.0. The lowest BCUT2D eigenvalue weighted by molar-refractivity contribution is 0.454. The number of rotatable bonds is 4. The normalized spacial score (nSPS) is 15.2. The fourth-order valence-electron chi connectivity index (χ4n) is 3.75. The minimum atomic E-state index is -0.169.